The van der Waals surface area contributed by atoms with E-state index in [1.807, 2.05) is 32.3 Å². The molecule has 16 heavy (non-hydrogen) atoms. The summed E-state index contributed by atoms with van der Waals surface area (Å²) in [6.07, 6.45) is 0. The molecule has 1 aromatic carbocycles. The van der Waals surface area contributed by atoms with Crippen LogP contribution in [0.3, 0.4) is 0 Å². The highest BCUT2D eigenvalue weighted by molar-refractivity contribution is 8.23. The summed E-state index contributed by atoms with van der Waals surface area (Å²) < 4.78 is 5.78. The van der Waals surface area contributed by atoms with Crippen LogP contribution in [0, 0.1) is 0 Å². The molecule has 0 radical (unpaired) electrons. The van der Waals surface area contributed by atoms with Crippen molar-refractivity contribution in [3.8, 4) is 5.75 Å². The number of thiocarbonyl (C=S) groups is 1. The Hall–Kier alpha value is -1.07. The van der Waals surface area contributed by atoms with Crippen molar-refractivity contribution < 1.29 is 9.53 Å². The predicted molar refractivity (Wildman–Crippen MR) is 70.8 cm³/mol. The molecule has 0 fully saturated rings. The fraction of sp³-hybridized carbons (Fsp3) is 0.273. The number of carbonyl (C=O) groups is 1. The number of nitrogens with zero attached hydrogens (tertiary/aromatic N) is 1. The Bertz CT molecular complexity index is 366. The zero-order chi connectivity index (χ0) is 12.0. The van der Waals surface area contributed by atoms with Gasteiger partial charge in [0, 0.05) is 14.1 Å². The van der Waals surface area contributed by atoms with Gasteiger partial charge in [0.2, 0.25) is 0 Å². The number of thioether (sulfide) groups is 1. The first-order chi connectivity index (χ1) is 7.59. The maximum atomic E-state index is 11.4. The fourth-order valence-corrected chi connectivity index (χ4v) is 1.63. The molecule has 5 heteroatoms. The van der Waals surface area contributed by atoms with Crippen LogP contribution in [0.1, 0.15) is 0 Å². The van der Waals surface area contributed by atoms with Crippen LogP contribution < -0.4 is 4.74 Å². The van der Waals surface area contributed by atoms with Crippen LogP contribution in [0.2, 0.25) is 0 Å². The summed E-state index contributed by atoms with van der Waals surface area (Å²) in [6, 6.07) is 8.99. The van der Waals surface area contributed by atoms with Crippen molar-refractivity contribution in [2.24, 2.45) is 0 Å². The minimum Gasteiger partial charge on any atom is -0.426 e. The molecule has 86 valence electrons. The maximum Gasteiger partial charge on any atom is 0.321 e. The van der Waals surface area contributed by atoms with Gasteiger partial charge in [-0.25, -0.2) is 0 Å². The minimum absolute atomic E-state index is 0.228. The lowest BCUT2D eigenvalue weighted by atomic mass is 10.3. The van der Waals surface area contributed by atoms with E-state index < -0.39 is 0 Å². The Morgan fingerprint density at radius 3 is 2.56 bits per heavy atom. The number of para-hydroxylation sites is 1. The quantitative estimate of drug-likeness (QED) is 0.469. The van der Waals surface area contributed by atoms with Crippen molar-refractivity contribution in [3.05, 3.63) is 30.3 Å². The van der Waals surface area contributed by atoms with Gasteiger partial charge in [-0.15, -0.1) is 0 Å². The van der Waals surface area contributed by atoms with E-state index in [-0.39, 0.29) is 11.7 Å². The molecule has 0 bridgehead atoms. The second-order valence-electron chi connectivity index (χ2n) is 3.24. The molecule has 0 unspecified atom stereocenters. The van der Waals surface area contributed by atoms with Crippen LogP contribution in [0.5, 0.6) is 5.75 Å². The zero-order valence-electron chi connectivity index (χ0n) is 9.17. The standard InChI is InChI=1S/C11H13NO2S2/c1-12(2)11(15)16-8-10(13)14-9-6-4-3-5-7-9/h3-7H,8H2,1-2H3. The van der Waals surface area contributed by atoms with Gasteiger partial charge in [-0.05, 0) is 12.1 Å². The lowest BCUT2D eigenvalue weighted by Gasteiger charge is -2.11. The number of hydrogen-bond donors (Lipinski definition) is 0. The van der Waals surface area contributed by atoms with Crippen LogP contribution >= 0.6 is 24.0 Å². The number of hydrogen-bond acceptors (Lipinski definition) is 4. The van der Waals surface area contributed by atoms with Crippen molar-refractivity contribution in [1.29, 1.82) is 0 Å². The summed E-state index contributed by atoms with van der Waals surface area (Å²) >= 11 is 6.34. The van der Waals surface area contributed by atoms with E-state index in [9.17, 15) is 4.79 Å². The van der Waals surface area contributed by atoms with E-state index >= 15 is 0 Å². The molecule has 0 aliphatic carbocycles. The highest BCUT2D eigenvalue weighted by Gasteiger charge is 2.07. The minimum atomic E-state index is -0.291. The van der Waals surface area contributed by atoms with Gasteiger partial charge in [-0.2, -0.15) is 0 Å². The number of esters is 1. The first-order valence-corrected chi connectivity index (χ1v) is 6.09. The Balaban J connectivity index is 2.35. The summed E-state index contributed by atoms with van der Waals surface area (Å²) in [5, 5.41) is 0. The van der Waals surface area contributed by atoms with Gasteiger partial charge in [0.15, 0.2) is 0 Å². The summed E-state index contributed by atoms with van der Waals surface area (Å²) in [5.41, 5.74) is 0. The van der Waals surface area contributed by atoms with Gasteiger partial charge in [0.05, 0.1) is 5.75 Å². The summed E-state index contributed by atoms with van der Waals surface area (Å²) in [5.74, 6) is 0.496. The van der Waals surface area contributed by atoms with Gasteiger partial charge in [0.25, 0.3) is 0 Å². The molecule has 0 N–H and O–H groups in total. The number of rotatable bonds is 3. The summed E-state index contributed by atoms with van der Waals surface area (Å²) in [7, 11) is 3.69. The SMILES string of the molecule is CN(C)C(=S)SCC(=O)Oc1ccccc1. The molecular weight excluding hydrogens is 242 g/mol. The lowest BCUT2D eigenvalue weighted by Crippen LogP contribution is -2.19. The molecule has 0 atom stereocenters. The third-order valence-electron chi connectivity index (χ3n) is 1.65. The molecular formula is C11H13NO2S2. The van der Waals surface area contributed by atoms with Gasteiger partial charge < -0.3 is 9.64 Å². The van der Waals surface area contributed by atoms with Crippen molar-refractivity contribution in [3.63, 3.8) is 0 Å². The van der Waals surface area contributed by atoms with Gasteiger partial charge in [-0.1, -0.05) is 42.2 Å². The van der Waals surface area contributed by atoms with Crippen molar-refractivity contribution in [1.82, 2.24) is 4.90 Å². The van der Waals surface area contributed by atoms with Gasteiger partial charge in [-0.3, -0.25) is 4.79 Å². The van der Waals surface area contributed by atoms with E-state index in [0.717, 1.165) is 0 Å². The average Bonchev–Trinajstić information content (AvgIpc) is 2.27. The monoisotopic (exact) mass is 255 g/mol. The van der Waals surface area contributed by atoms with Crippen LogP contribution in [0.4, 0.5) is 0 Å². The van der Waals surface area contributed by atoms with Crippen molar-refractivity contribution in [2.45, 2.75) is 0 Å². The van der Waals surface area contributed by atoms with Crippen molar-refractivity contribution in [2.75, 3.05) is 19.8 Å². The van der Waals surface area contributed by atoms with Gasteiger partial charge >= 0.3 is 5.97 Å². The van der Waals surface area contributed by atoms with E-state index in [4.69, 9.17) is 17.0 Å². The first-order valence-electron chi connectivity index (χ1n) is 4.69. The van der Waals surface area contributed by atoms with E-state index in [0.29, 0.717) is 10.1 Å². The molecule has 0 spiro atoms. The van der Waals surface area contributed by atoms with E-state index in [1.165, 1.54) is 11.8 Å². The van der Waals surface area contributed by atoms with Crippen LogP contribution in [0.25, 0.3) is 0 Å². The second kappa shape index (κ2) is 6.50. The van der Waals surface area contributed by atoms with Crippen LogP contribution in [-0.2, 0) is 4.79 Å². The molecule has 0 saturated heterocycles. The van der Waals surface area contributed by atoms with Crippen LogP contribution in [0.15, 0.2) is 30.3 Å². The Morgan fingerprint density at radius 2 is 2.00 bits per heavy atom. The van der Waals surface area contributed by atoms with E-state index in [2.05, 4.69) is 0 Å². The number of carbonyl (C=O) groups excluding carboxylic acids is 1. The second-order valence-corrected chi connectivity index (χ2v) is 4.85. The molecule has 1 rings (SSSR count). The Labute approximate surface area is 105 Å². The predicted octanol–water partition coefficient (Wildman–Crippen LogP) is 2.17. The van der Waals surface area contributed by atoms with Crippen molar-refractivity contribution >= 4 is 34.3 Å². The molecule has 0 heterocycles. The third-order valence-corrected chi connectivity index (χ3v) is 3.36. The Morgan fingerprint density at radius 1 is 1.38 bits per heavy atom. The number of benzene rings is 1. The van der Waals surface area contributed by atoms with Gasteiger partial charge in [0.1, 0.15) is 10.1 Å². The third kappa shape index (κ3) is 4.63. The molecule has 1 aromatic rings. The molecule has 0 amide bonds. The highest BCUT2D eigenvalue weighted by atomic mass is 32.2. The van der Waals surface area contributed by atoms with E-state index in [1.54, 1.807) is 17.0 Å². The molecule has 0 aromatic heterocycles. The largest absolute Gasteiger partial charge is 0.426 e. The lowest BCUT2D eigenvalue weighted by molar-refractivity contribution is -0.131. The molecule has 0 aliphatic heterocycles. The highest BCUT2D eigenvalue weighted by Crippen LogP contribution is 2.11. The first kappa shape index (κ1) is 13.0. The average molecular weight is 255 g/mol. The normalized spacial score (nSPS) is 9.62. The molecule has 0 aliphatic rings. The topological polar surface area (TPSA) is 29.5 Å². The summed E-state index contributed by atoms with van der Waals surface area (Å²) in [4.78, 5) is 13.2. The maximum absolute atomic E-state index is 11.4. The molecule has 3 nitrogen and oxygen atoms in total. The zero-order valence-corrected chi connectivity index (χ0v) is 10.8. The smallest absolute Gasteiger partial charge is 0.321 e. The summed E-state index contributed by atoms with van der Waals surface area (Å²) in [6.45, 7) is 0. The molecule has 0 saturated carbocycles. The number of ether oxygens (including phenoxy) is 1. The van der Waals surface area contributed by atoms with Crippen LogP contribution in [-0.4, -0.2) is 35.0 Å². The Kier molecular flexibility index (Phi) is 5.28. The fourth-order valence-electron chi connectivity index (χ4n) is 0.899.